The van der Waals surface area contributed by atoms with E-state index in [9.17, 15) is 4.79 Å². The molecule has 1 saturated heterocycles. The van der Waals surface area contributed by atoms with E-state index >= 15 is 0 Å². The molecule has 1 aromatic rings. The molecule has 1 unspecified atom stereocenters. The molecule has 1 fully saturated rings. The van der Waals surface area contributed by atoms with E-state index < -0.39 is 0 Å². The van der Waals surface area contributed by atoms with Gasteiger partial charge in [-0.15, -0.1) is 0 Å². The lowest BCUT2D eigenvalue weighted by molar-refractivity contribution is -0.116. The molecule has 1 heterocycles. The summed E-state index contributed by atoms with van der Waals surface area (Å²) in [6, 6.07) is 11.4. The summed E-state index contributed by atoms with van der Waals surface area (Å²) < 4.78 is 0. The molecule has 0 saturated carbocycles. The van der Waals surface area contributed by atoms with Crippen LogP contribution in [0.2, 0.25) is 0 Å². The second-order valence-electron chi connectivity index (χ2n) is 7.28. The molecule has 1 aromatic carbocycles. The summed E-state index contributed by atoms with van der Waals surface area (Å²) >= 11 is 0. The first-order valence-corrected chi connectivity index (χ1v) is 9.99. The number of carbonyl (C=O) groups is 1. The summed E-state index contributed by atoms with van der Waals surface area (Å²) in [5.41, 5.74) is 6.62. The van der Waals surface area contributed by atoms with Crippen LogP contribution in [0.5, 0.6) is 0 Å². The fraction of sp³-hybridized carbons (Fsp3) is 0.667. The Balaban J connectivity index is 1.98. The number of para-hydroxylation sites is 1. The van der Waals surface area contributed by atoms with Gasteiger partial charge in [-0.05, 0) is 37.8 Å². The van der Waals surface area contributed by atoms with Crippen molar-refractivity contribution < 1.29 is 4.79 Å². The van der Waals surface area contributed by atoms with Crippen LogP contribution < -0.4 is 10.6 Å². The third kappa shape index (κ3) is 6.03. The van der Waals surface area contributed by atoms with Crippen molar-refractivity contribution in [3.63, 3.8) is 0 Å². The van der Waals surface area contributed by atoms with Crippen LogP contribution in [0.15, 0.2) is 30.3 Å². The Kier molecular flexibility index (Phi) is 8.26. The number of nitrogens with two attached hydrogens (primary N) is 1. The summed E-state index contributed by atoms with van der Waals surface area (Å²) in [6.07, 6.45) is 8.68. The average molecular weight is 346 g/mol. The van der Waals surface area contributed by atoms with Crippen LogP contribution in [0.1, 0.15) is 58.8 Å². The van der Waals surface area contributed by atoms with Crippen LogP contribution >= 0.6 is 0 Å². The first kappa shape index (κ1) is 19.8. The molecule has 0 aromatic heterocycles. The van der Waals surface area contributed by atoms with E-state index in [4.69, 9.17) is 5.73 Å². The largest absolute Gasteiger partial charge is 0.368 e. The molecular weight excluding hydrogens is 310 g/mol. The number of nitrogens with zero attached hydrogens (tertiary/aromatic N) is 2. The van der Waals surface area contributed by atoms with Crippen molar-refractivity contribution in [2.45, 2.75) is 70.9 Å². The number of benzene rings is 1. The van der Waals surface area contributed by atoms with Gasteiger partial charge >= 0.3 is 0 Å². The highest BCUT2D eigenvalue weighted by molar-refractivity contribution is 5.79. The van der Waals surface area contributed by atoms with Gasteiger partial charge in [0.25, 0.3) is 0 Å². The van der Waals surface area contributed by atoms with Gasteiger partial charge in [-0.3, -0.25) is 4.79 Å². The Labute approximate surface area is 153 Å². The predicted molar refractivity (Wildman–Crippen MR) is 106 cm³/mol. The number of unbranched alkanes of at least 4 members (excludes halogenated alkanes) is 1. The van der Waals surface area contributed by atoms with Crippen molar-refractivity contribution in [2.24, 2.45) is 5.73 Å². The number of hydrogen-bond acceptors (Lipinski definition) is 3. The summed E-state index contributed by atoms with van der Waals surface area (Å²) in [4.78, 5) is 16.5. The van der Waals surface area contributed by atoms with Gasteiger partial charge < -0.3 is 15.5 Å². The highest BCUT2D eigenvalue weighted by Gasteiger charge is 2.28. The van der Waals surface area contributed by atoms with Crippen LogP contribution in [0.3, 0.4) is 0 Å². The zero-order valence-electron chi connectivity index (χ0n) is 16.0. The maximum Gasteiger partial charge on any atom is 0.236 e. The van der Waals surface area contributed by atoms with E-state index in [1.807, 2.05) is 18.2 Å². The van der Waals surface area contributed by atoms with Crippen molar-refractivity contribution in [3.05, 3.63) is 30.3 Å². The average Bonchev–Trinajstić information content (AvgIpc) is 2.64. The maximum atomic E-state index is 11.6. The van der Waals surface area contributed by atoms with E-state index in [1.54, 1.807) is 0 Å². The number of piperidine rings is 1. The normalized spacial score (nSPS) is 17.4. The second kappa shape index (κ2) is 10.4. The molecule has 1 aliphatic heterocycles. The van der Waals surface area contributed by atoms with Gasteiger partial charge in [-0.2, -0.15) is 0 Å². The molecule has 0 bridgehead atoms. The summed E-state index contributed by atoms with van der Waals surface area (Å²) in [5.74, 6) is -0.252. The summed E-state index contributed by atoms with van der Waals surface area (Å²) in [5, 5.41) is 0. The molecule has 1 aliphatic rings. The fourth-order valence-electron chi connectivity index (χ4n) is 4.06. The molecular formula is C21H35N3O. The van der Waals surface area contributed by atoms with Gasteiger partial charge in [0.05, 0.1) is 6.54 Å². The number of primary amides is 1. The van der Waals surface area contributed by atoms with Crippen molar-refractivity contribution in [3.8, 4) is 0 Å². The van der Waals surface area contributed by atoms with Crippen molar-refractivity contribution in [2.75, 3.05) is 24.5 Å². The first-order valence-electron chi connectivity index (χ1n) is 9.99. The van der Waals surface area contributed by atoms with E-state index in [-0.39, 0.29) is 5.91 Å². The monoisotopic (exact) mass is 345 g/mol. The van der Waals surface area contributed by atoms with Gasteiger partial charge in [0.2, 0.25) is 5.91 Å². The molecule has 4 heteroatoms. The number of amides is 1. The Morgan fingerprint density at radius 2 is 1.84 bits per heavy atom. The lowest BCUT2D eigenvalue weighted by atomic mass is 9.96. The molecule has 1 amide bonds. The fourth-order valence-corrected chi connectivity index (χ4v) is 4.06. The third-order valence-corrected chi connectivity index (χ3v) is 5.38. The van der Waals surface area contributed by atoms with E-state index in [2.05, 4.69) is 35.8 Å². The number of rotatable bonds is 10. The number of hydrogen-bond donors (Lipinski definition) is 1. The minimum Gasteiger partial charge on any atom is -0.368 e. The molecule has 0 aliphatic carbocycles. The Hall–Kier alpha value is -1.55. The zero-order chi connectivity index (χ0) is 18.1. The lowest BCUT2D eigenvalue weighted by Gasteiger charge is -2.42. The Bertz CT molecular complexity index is 497. The van der Waals surface area contributed by atoms with Crippen molar-refractivity contribution >= 4 is 11.6 Å². The van der Waals surface area contributed by atoms with Crippen LogP contribution in [0.25, 0.3) is 0 Å². The quantitative estimate of drug-likeness (QED) is 0.702. The highest BCUT2D eigenvalue weighted by atomic mass is 16.1. The van der Waals surface area contributed by atoms with Crippen molar-refractivity contribution in [1.82, 2.24) is 4.90 Å². The molecule has 2 N–H and O–H groups in total. The predicted octanol–water partition coefficient (Wildman–Crippen LogP) is 3.80. The third-order valence-electron chi connectivity index (χ3n) is 5.38. The van der Waals surface area contributed by atoms with Gasteiger partial charge in [-0.1, -0.05) is 51.3 Å². The highest BCUT2D eigenvalue weighted by Crippen LogP contribution is 2.26. The zero-order valence-corrected chi connectivity index (χ0v) is 16.0. The minimum absolute atomic E-state index is 0.252. The molecule has 2 rings (SSSR count). The molecule has 25 heavy (non-hydrogen) atoms. The molecule has 0 spiro atoms. The second-order valence-corrected chi connectivity index (χ2v) is 7.28. The first-order chi connectivity index (χ1) is 12.2. The van der Waals surface area contributed by atoms with Gasteiger partial charge in [-0.25, -0.2) is 0 Å². The lowest BCUT2D eigenvalue weighted by Crippen LogP contribution is -2.50. The molecule has 4 nitrogen and oxygen atoms in total. The van der Waals surface area contributed by atoms with E-state index in [0.29, 0.717) is 12.6 Å². The van der Waals surface area contributed by atoms with E-state index in [1.165, 1.54) is 32.1 Å². The molecule has 0 radical (unpaired) electrons. The molecule has 1 atom stereocenters. The number of anilines is 1. The van der Waals surface area contributed by atoms with Crippen LogP contribution in [-0.2, 0) is 4.79 Å². The minimum atomic E-state index is -0.252. The SMILES string of the molecule is CCCCC(CCC)N1CCC(N(CC(N)=O)c2ccccc2)CC1. The standard InChI is InChI=1S/C21H35N3O/c1-3-5-10-18(9-4-2)23-15-13-20(14-16-23)24(17-21(22)25)19-11-7-6-8-12-19/h6-8,11-12,18,20H,3-5,9-10,13-17H2,1-2H3,(H2,22,25). The number of carbonyl (C=O) groups excluding carboxylic acids is 1. The Morgan fingerprint density at radius 1 is 1.16 bits per heavy atom. The van der Waals surface area contributed by atoms with E-state index in [0.717, 1.165) is 37.7 Å². The Morgan fingerprint density at radius 3 is 2.40 bits per heavy atom. The van der Waals surface area contributed by atoms with Gasteiger partial charge in [0, 0.05) is 30.9 Å². The van der Waals surface area contributed by atoms with Gasteiger partial charge in [0.1, 0.15) is 0 Å². The smallest absolute Gasteiger partial charge is 0.236 e. The number of likely N-dealkylation sites (tertiary alicyclic amines) is 1. The van der Waals surface area contributed by atoms with Crippen molar-refractivity contribution in [1.29, 1.82) is 0 Å². The van der Waals surface area contributed by atoms with Gasteiger partial charge in [0.15, 0.2) is 0 Å². The summed E-state index contributed by atoms with van der Waals surface area (Å²) in [7, 11) is 0. The maximum absolute atomic E-state index is 11.6. The summed E-state index contributed by atoms with van der Waals surface area (Å²) in [6.45, 7) is 7.12. The van der Waals surface area contributed by atoms with Crippen LogP contribution in [0.4, 0.5) is 5.69 Å². The van der Waals surface area contributed by atoms with Crippen LogP contribution in [-0.4, -0.2) is 42.5 Å². The van der Waals surface area contributed by atoms with Crippen LogP contribution in [0, 0.1) is 0 Å². The molecule has 140 valence electrons. The topological polar surface area (TPSA) is 49.6 Å².